The van der Waals surface area contributed by atoms with Crippen molar-refractivity contribution in [2.24, 2.45) is 0 Å². The summed E-state index contributed by atoms with van der Waals surface area (Å²) in [6.45, 7) is 0.0975. The van der Waals surface area contributed by atoms with Crippen LogP contribution in [-0.4, -0.2) is 22.2 Å². The Morgan fingerprint density at radius 3 is 2.65 bits per heavy atom. The number of aromatic nitrogens is 1. The second-order valence-corrected chi connectivity index (χ2v) is 5.23. The molecule has 0 aliphatic heterocycles. The van der Waals surface area contributed by atoms with Gasteiger partial charge in [0.2, 0.25) is 0 Å². The van der Waals surface area contributed by atoms with Crippen LogP contribution in [0.1, 0.15) is 23.6 Å². The zero-order valence-corrected chi connectivity index (χ0v) is 12.9. The topological polar surface area (TPSA) is 88.5 Å². The summed E-state index contributed by atoms with van der Waals surface area (Å²) >= 11 is 5.85. The van der Waals surface area contributed by atoms with Crippen molar-refractivity contribution < 1.29 is 19.4 Å². The van der Waals surface area contributed by atoms with E-state index < -0.39 is 18.1 Å². The molecule has 0 radical (unpaired) electrons. The van der Waals surface area contributed by atoms with Gasteiger partial charge in [0.1, 0.15) is 6.61 Å². The smallest absolute Gasteiger partial charge is 0.407 e. The molecule has 1 amide bonds. The number of carbonyl (C=O) groups excluding carboxylic acids is 1. The van der Waals surface area contributed by atoms with Gasteiger partial charge in [-0.15, -0.1) is 0 Å². The predicted molar refractivity (Wildman–Crippen MR) is 84.0 cm³/mol. The molecule has 0 saturated heterocycles. The fourth-order valence-electron chi connectivity index (χ4n) is 1.95. The van der Waals surface area contributed by atoms with Crippen LogP contribution < -0.4 is 5.32 Å². The van der Waals surface area contributed by atoms with Crippen LogP contribution in [0.4, 0.5) is 4.79 Å². The molecular formula is C16H15ClN2O4. The molecule has 6 nitrogen and oxygen atoms in total. The maximum Gasteiger partial charge on any atom is 0.407 e. The first-order chi connectivity index (χ1) is 11.0. The number of benzene rings is 1. The number of nitrogens with zero attached hydrogens (tertiary/aromatic N) is 1. The highest BCUT2D eigenvalue weighted by molar-refractivity contribution is 6.30. The van der Waals surface area contributed by atoms with Crippen molar-refractivity contribution >= 4 is 23.7 Å². The molecule has 120 valence electrons. The molecular weight excluding hydrogens is 320 g/mol. The summed E-state index contributed by atoms with van der Waals surface area (Å²) in [5.41, 5.74) is 1.33. The van der Waals surface area contributed by atoms with Gasteiger partial charge >= 0.3 is 12.1 Å². The third-order valence-electron chi connectivity index (χ3n) is 3.01. The number of hydrogen-bond acceptors (Lipinski definition) is 4. The van der Waals surface area contributed by atoms with Crippen molar-refractivity contribution in [3.8, 4) is 0 Å². The van der Waals surface area contributed by atoms with Crippen LogP contribution in [0.5, 0.6) is 0 Å². The number of carbonyl (C=O) groups is 2. The Balaban J connectivity index is 1.99. The number of aliphatic carboxylic acids is 1. The Morgan fingerprint density at radius 2 is 2.00 bits per heavy atom. The number of hydrogen-bond donors (Lipinski definition) is 2. The summed E-state index contributed by atoms with van der Waals surface area (Å²) in [5.74, 6) is -1.06. The van der Waals surface area contributed by atoms with Gasteiger partial charge in [-0.3, -0.25) is 9.78 Å². The number of carboxylic acid groups (broad SMARTS) is 1. The van der Waals surface area contributed by atoms with Crippen LogP contribution in [0, 0.1) is 0 Å². The van der Waals surface area contributed by atoms with Crippen molar-refractivity contribution in [3.05, 3.63) is 64.9 Å². The fourth-order valence-corrected chi connectivity index (χ4v) is 2.14. The molecule has 0 fully saturated rings. The summed E-state index contributed by atoms with van der Waals surface area (Å²) in [7, 11) is 0. The van der Waals surface area contributed by atoms with Gasteiger partial charge in [0.25, 0.3) is 0 Å². The van der Waals surface area contributed by atoms with E-state index in [1.54, 1.807) is 6.07 Å². The Hall–Kier alpha value is -2.60. The highest BCUT2D eigenvalue weighted by Crippen LogP contribution is 2.19. The van der Waals surface area contributed by atoms with Crippen LogP contribution in [0.3, 0.4) is 0 Å². The van der Waals surface area contributed by atoms with Gasteiger partial charge in [0.15, 0.2) is 0 Å². The lowest BCUT2D eigenvalue weighted by atomic mass is 10.1. The van der Waals surface area contributed by atoms with Crippen LogP contribution in [-0.2, 0) is 16.1 Å². The number of halogens is 1. The third-order valence-corrected chi connectivity index (χ3v) is 3.22. The van der Waals surface area contributed by atoms with Crippen molar-refractivity contribution in [2.75, 3.05) is 0 Å². The average Bonchev–Trinajstić information content (AvgIpc) is 2.53. The minimum Gasteiger partial charge on any atom is -0.481 e. The molecule has 0 bridgehead atoms. The minimum atomic E-state index is -1.06. The molecule has 1 atom stereocenters. The molecule has 1 heterocycles. The minimum absolute atomic E-state index is 0.0975. The van der Waals surface area contributed by atoms with E-state index in [1.807, 2.05) is 30.3 Å². The van der Waals surface area contributed by atoms with E-state index in [4.69, 9.17) is 21.4 Å². The molecule has 0 aliphatic rings. The molecule has 2 aromatic rings. The summed E-state index contributed by atoms with van der Waals surface area (Å²) < 4.78 is 5.10. The number of carboxylic acids is 1. The zero-order chi connectivity index (χ0) is 16.7. The molecule has 0 saturated carbocycles. The van der Waals surface area contributed by atoms with Gasteiger partial charge in [-0.1, -0.05) is 41.9 Å². The van der Waals surface area contributed by atoms with E-state index >= 15 is 0 Å². The Kier molecular flexibility index (Phi) is 5.94. The van der Waals surface area contributed by atoms with E-state index in [0.717, 1.165) is 5.56 Å². The second-order valence-electron chi connectivity index (χ2n) is 4.79. The number of ether oxygens (including phenoxy) is 1. The maximum absolute atomic E-state index is 11.9. The Labute approximate surface area is 138 Å². The standard InChI is InChI=1S/C16H15ClN2O4/c17-13-6-12(8-18-9-13)14(7-15(20)21)19-16(22)23-10-11-4-2-1-3-5-11/h1-6,8-9,14H,7,10H2,(H,19,22)(H,20,21). The second kappa shape index (κ2) is 8.14. The highest BCUT2D eigenvalue weighted by atomic mass is 35.5. The van der Waals surface area contributed by atoms with Crippen LogP contribution in [0.2, 0.25) is 5.02 Å². The van der Waals surface area contributed by atoms with Gasteiger partial charge in [0, 0.05) is 12.4 Å². The van der Waals surface area contributed by atoms with Crippen molar-refractivity contribution in [1.29, 1.82) is 0 Å². The van der Waals surface area contributed by atoms with Crippen molar-refractivity contribution in [1.82, 2.24) is 10.3 Å². The highest BCUT2D eigenvalue weighted by Gasteiger charge is 2.19. The molecule has 2 N–H and O–H groups in total. The first-order valence-corrected chi connectivity index (χ1v) is 7.22. The molecule has 0 spiro atoms. The Morgan fingerprint density at radius 1 is 1.26 bits per heavy atom. The van der Waals surface area contributed by atoms with Gasteiger partial charge in [0.05, 0.1) is 17.5 Å². The molecule has 1 aromatic heterocycles. The number of rotatable bonds is 6. The van der Waals surface area contributed by atoms with Gasteiger partial charge in [-0.2, -0.15) is 0 Å². The van der Waals surface area contributed by atoms with Gasteiger partial charge in [-0.25, -0.2) is 4.79 Å². The summed E-state index contributed by atoms with van der Waals surface area (Å²) in [4.78, 5) is 26.8. The fraction of sp³-hybridized carbons (Fsp3) is 0.188. The number of pyridine rings is 1. The molecule has 7 heteroatoms. The van der Waals surface area contributed by atoms with Crippen LogP contribution in [0.15, 0.2) is 48.8 Å². The third kappa shape index (κ3) is 5.60. The monoisotopic (exact) mass is 334 g/mol. The molecule has 0 aliphatic carbocycles. The van der Waals surface area contributed by atoms with Crippen molar-refractivity contribution in [3.63, 3.8) is 0 Å². The average molecular weight is 335 g/mol. The molecule has 1 aromatic carbocycles. The molecule has 2 rings (SSSR count). The van der Waals surface area contributed by atoms with Gasteiger partial charge < -0.3 is 15.2 Å². The molecule has 1 unspecified atom stereocenters. The normalized spacial score (nSPS) is 11.5. The first-order valence-electron chi connectivity index (χ1n) is 6.84. The van der Waals surface area contributed by atoms with Gasteiger partial charge in [-0.05, 0) is 17.2 Å². The summed E-state index contributed by atoms with van der Waals surface area (Å²) in [6, 6.07) is 9.95. The summed E-state index contributed by atoms with van der Waals surface area (Å²) in [6.07, 6.45) is 1.87. The lowest BCUT2D eigenvalue weighted by Crippen LogP contribution is -2.30. The SMILES string of the molecule is O=C(O)CC(NC(=O)OCc1ccccc1)c1cncc(Cl)c1. The lowest BCUT2D eigenvalue weighted by molar-refractivity contribution is -0.137. The van der Waals surface area contributed by atoms with E-state index in [1.165, 1.54) is 12.4 Å². The van der Waals surface area contributed by atoms with Crippen LogP contribution in [0.25, 0.3) is 0 Å². The van der Waals surface area contributed by atoms with Crippen molar-refractivity contribution in [2.45, 2.75) is 19.1 Å². The van der Waals surface area contributed by atoms with E-state index in [0.29, 0.717) is 10.6 Å². The number of nitrogens with one attached hydrogen (secondary N) is 1. The summed E-state index contributed by atoms with van der Waals surface area (Å²) in [5, 5.41) is 11.9. The largest absolute Gasteiger partial charge is 0.481 e. The van der Waals surface area contributed by atoms with E-state index in [2.05, 4.69) is 10.3 Å². The number of alkyl carbamates (subject to hydrolysis) is 1. The Bertz CT molecular complexity index is 679. The number of amides is 1. The van der Waals surface area contributed by atoms with E-state index in [9.17, 15) is 9.59 Å². The van der Waals surface area contributed by atoms with Crippen LogP contribution >= 0.6 is 11.6 Å². The maximum atomic E-state index is 11.9. The first kappa shape index (κ1) is 16.8. The molecule has 23 heavy (non-hydrogen) atoms. The predicted octanol–water partition coefficient (Wildman–Crippen LogP) is 3.18. The van der Waals surface area contributed by atoms with E-state index in [-0.39, 0.29) is 13.0 Å². The zero-order valence-electron chi connectivity index (χ0n) is 12.1. The quantitative estimate of drug-likeness (QED) is 0.847. The lowest BCUT2D eigenvalue weighted by Gasteiger charge is -2.17.